The van der Waals surface area contributed by atoms with Crippen LogP contribution in [-0.2, 0) is 9.63 Å². The Labute approximate surface area is 189 Å². The molecule has 3 aliphatic rings. The molecule has 2 N–H and O–H groups in total. The smallest absolute Gasteiger partial charge is 0.317 e. The molecule has 0 aliphatic carbocycles. The van der Waals surface area contributed by atoms with Crippen LogP contribution in [0.4, 0.5) is 0 Å². The summed E-state index contributed by atoms with van der Waals surface area (Å²) in [6.45, 7) is 10.5. The molecule has 3 atom stereocenters. The van der Waals surface area contributed by atoms with E-state index in [0.717, 1.165) is 69.1 Å². The highest BCUT2D eigenvalue weighted by Crippen LogP contribution is 2.19. The maximum atomic E-state index is 10.9. The van der Waals surface area contributed by atoms with Crippen LogP contribution in [0.25, 0.3) is 0 Å². The third-order valence-corrected chi connectivity index (χ3v) is 6.39. The van der Waals surface area contributed by atoms with E-state index >= 15 is 0 Å². The van der Waals surface area contributed by atoms with Crippen LogP contribution in [0.3, 0.4) is 0 Å². The van der Waals surface area contributed by atoms with E-state index in [0.29, 0.717) is 12.1 Å². The number of carbonyl (C=O) groups is 1. The summed E-state index contributed by atoms with van der Waals surface area (Å²) in [6.07, 6.45) is 2.77. The molecule has 3 unspecified atom stereocenters. The average molecular weight is 443 g/mol. The molecule has 0 amide bonds. The minimum Gasteiger partial charge on any atom is -0.480 e. The number of carboxylic acids is 1. The second-order valence-corrected chi connectivity index (χ2v) is 9.04. The Morgan fingerprint density at radius 2 is 1.81 bits per heavy atom. The van der Waals surface area contributed by atoms with Crippen molar-refractivity contribution in [1.29, 1.82) is 0 Å². The fourth-order valence-corrected chi connectivity index (χ4v) is 4.55. The van der Waals surface area contributed by atoms with Crippen LogP contribution in [0.15, 0.2) is 34.5 Å². The summed E-state index contributed by atoms with van der Waals surface area (Å²) >= 11 is 0. The summed E-state index contributed by atoms with van der Waals surface area (Å²) in [5.41, 5.74) is 3.13. The zero-order chi connectivity index (χ0) is 22.5. The highest BCUT2D eigenvalue weighted by atomic mass is 16.6. The summed E-state index contributed by atoms with van der Waals surface area (Å²) in [5, 5.41) is 23.6. The number of aliphatic carboxylic acids is 1. The third-order valence-electron chi connectivity index (χ3n) is 6.39. The van der Waals surface area contributed by atoms with E-state index in [-0.39, 0.29) is 12.6 Å². The van der Waals surface area contributed by atoms with Crippen LogP contribution in [0.2, 0.25) is 0 Å². The molecule has 1 aromatic carbocycles. The van der Waals surface area contributed by atoms with Gasteiger partial charge in [0.1, 0.15) is 6.10 Å². The Morgan fingerprint density at radius 1 is 1.16 bits per heavy atom. The number of hydrogen-bond donors (Lipinski definition) is 2. The molecular weight excluding hydrogens is 408 g/mol. The van der Waals surface area contributed by atoms with E-state index < -0.39 is 5.97 Å². The van der Waals surface area contributed by atoms with Crippen LogP contribution in [-0.4, -0.2) is 108 Å². The van der Waals surface area contributed by atoms with Crippen molar-refractivity contribution in [2.75, 3.05) is 52.4 Å². The van der Waals surface area contributed by atoms with Crippen LogP contribution in [0.5, 0.6) is 0 Å². The molecule has 0 saturated carbocycles. The molecule has 0 spiro atoms. The van der Waals surface area contributed by atoms with Crippen LogP contribution in [0, 0.1) is 0 Å². The molecular formula is C23H34N6O3. The van der Waals surface area contributed by atoms with Gasteiger partial charge >= 0.3 is 5.97 Å². The molecule has 0 radical (unpaired) electrons. The van der Waals surface area contributed by atoms with Gasteiger partial charge < -0.3 is 15.3 Å². The normalized spacial score (nSPS) is 27.5. The number of nitrogens with one attached hydrogen (secondary N) is 1. The van der Waals surface area contributed by atoms with E-state index in [9.17, 15) is 4.79 Å². The zero-order valence-corrected chi connectivity index (χ0v) is 19.0. The first-order valence-corrected chi connectivity index (χ1v) is 11.5. The van der Waals surface area contributed by atoms with E-state index in [1.807, 2.05) is 11.1 Å². The highest BCUT2D eigenvalue weighted by molar-refractivity contribution is 6.01. The number of hydrazone groups is 1. The molecule has 0 bridgehead atoms. The molecule has 1 aromatic rings. The lowest BCUT2D eigenvalue weighted by Crippen LogP contribution is -2.52. The van der Waals surface area contributed by atoms with Gasteiger partial charge in [0, 0.05) is 52.2 Å². The van der Waals surface area contributed by atoms with Gasteiger partial charge in [-0.3, -0.25) is 19.6 Å². The summed E-state index contributed by atoms with van der Waals surface area (Å²) < 4.78 is 0. The first-order valence-electron chi connectivity index (χ1n) is 11.5. The fraction of sp³-hybridized carbons (Fsp3) is 0.609. The predicted octanol–water partition coefficient (Wildman–Crippen LogP) is 0.898. The lowest BCUT2D eigenvalue weighted by Gasteiger charge is -2.37. The molecule has 3 aliphatic heterocycles. The Balaban J connectivity index is 1.25. The Hall–Kier alpha value is -2.49. The van der Waals surface area contributed by atoms with E-state index in [4.69, 9.17) is 15.0 Å². The van der Waals surface area contributed by atoms with Crippen LogP contribution < -0.4 is 5.32 Å². The van der Waals surface area contributed by atoms with Crippen molar-refractivity contribution < 1.29 is 14.7 Å². The minimum absolute atomic E-state index is 0.0490. The maximum Gasteiger partial charge on any atom is 0.317 e. The lowest BCUT2D eigenvalue weighted by atomic mass is 10.0. The minimum atomic E-state index is -0.763. The number of benzene rings is 1. The molecule has 2 saturated heterocycles. The largest absolute Gasteiger partial charge is 0.480 e. The van der Waals surface area contributed by atoms with Gasteiger partial charge in [-0.25, -0.2) is 0 Å². The molecule has 32 heavy (non-hydrogen) atoms. The number of piperazine rings is 2. The standard InChI is InChI=1S/C23H34N6O3/c1-17-12-24-13-18(2)29(17)25-14-19-3-5-20(6-4-19)22-11-21(32-26-22)15-27-7-9-28(10-8-27)16-23(30)31/h3-6,14,17-18,21,24H,7-13,15-16H2,1-2H3,(H,30,31)/b25-14+. The van der Waals surface area contributed by atoms with Crippen LogP contribution in [0.1, 0.15) is 31.4 Å². The number of oxime groups is 1. The lowest BCUT2D eigenvalue weighted by molar-refractivity contribution is -0.138. The molecule has 9 nitrogen and oxygen atoms in total. The van der Waals surface area contributed by atoms with Gasteiger partial charge in [0.15, 0.2) is 0 Å². The van der Waals surface area contributed by atoms with Crippen molar-refractivity contribution in [3.8, 4) is 0 Å². The van der Waals surface area contributed by atoms with Gasteiger partial charge in [-0.15, -0.1) is 0 Å². The van der Waals surface area contributed by atoms with Gasteiger partial charge in [-0.2, -0.15) is 5.10 Å². The topological polar surface area (TPSA) is 93.0 Å². The molecule has 174 valence electrons. The SMILES string of the molecule is CC1CNCC(C)N1/N=C/c1ccc(C2=NOC(CN3CCN(CC(=O)O)CC3)C2)cc1. The monoisotopic (exact) mass is 442 g/mol. The number of rotatable bonds is 7. The summed E-state index contributed by atoms with van der Waals surface area (Å²) in [4.78, 5) is 20.9. The van der Waals surface area contributed by atoms with E-state index in [2.05, 4.69) is 58.5 Å². The fourth-order valence-electron chi connectivity index (χ4n) is 4.55. The average Bonchev–Trinajstić information content (AvgIpc) is 3.23. The second kappa shape index (κ2) is 10.4. The van der Waals surface area contributed by atoms with Crippen LogP contribution >= 0.6 is 0 Å². The van der Waals surface area contributed by atoms with Crippen molar-refractivity contribution in [3.05, 3.63) is 35.4 Å². The zero-order valence-electron chi connectivity index (χ0n) is 19.0. The van der Waals surface area contributed by atoms with E-state index in [1.54, 1.807) is 0 Å². The van der Waals surface area contributed by atoms with E-state index in [1.165, 1.54) is 0 Å². The third kappa shape index (κ3) is 5.85. The Kier molecular flexibility index (Phi) is 7.39. The number of carboxylic acid groups (broad SMARTS) is 1. The van der Waals surface area contributed by atoms with Crippen molar-refractivity contribution >= 4 is 17.9 Å². The molecule has 2 fully saturated rings. The van der Waals surface area contributed by atoms with Crippen molar-refractivity contribution in [2.45, 2.75) is 38.5 Å². The molecule has 3 heterocycles. The van der Waals surface area contributed by atoms with Gasteiger partial charge in [0.2, 0.25) is 0 Å². The van der Waals surface area contributed by atoms with Gasteiger partial charge in [-0.1, -0.05) is 29.4 Å². The summed E-state index contributed by atoms with van der Waals surface area (Å²) in [5.74, 6) is -0.763. The first kappa shape index (κ1) is 22.7. The molecule has 4 rings (SSSR count). The van der Waals surface area contributed by atoms with Crippen molar-refractivity contribution in [3.63, 3.8) is 0 Å². The van der Waals surface area contributed by atoms with Gasteiger partial charge in [0.25, 0.3) is 0 Å². The van der Waals surface area contributed by atoms with Crippen molar-refractivity contribution in [1.82, 2.24) is 20.1 Å². The highest BCUT2D eigenvalue weighted by Gasteiger charge is 2.27. The Bertz CT molecular complexity index is 825. The number of nitrogens with zero attached hydrogens (tertiary/aromatic N) is 5. The van der Waals surface area contributed by atoms with Gasteiger partial charge in [-0.05, 0) is 25.0 Å². The number of hydrogen-bond acceptors (Lipinski definition) is 8. The molecule has 9 heteroatoms. The summed E-state index contributed by atoms with van der Waals surface area (Å²) in [7, 11) is 0. The van der Waals surface area contributed by atoms with Crippen molar-refractivity contribution in [2.24, 2.45) is 10.3 Å². The quantitative estimate of drug-likeness (QED) is 0.606. The predicted molar refractivity (Wildman–Crippen MR) is 124 cm³/mol. The van der Waals surface area contributed by atoms with Gasteiger partial charge in [0.05, 0.1) is 30.6 Å². The Morgan fingerprint density at radius 3 is 2.47 bits per heavy atom. The maximum absolute atomic E-state index is 10.9. The summed E-state index contributed by atoms with van der Waals surface area (Å²) in [6, 6.07) is 9.09. The first-order chi connectivity index (χ1) is 15.5. The second-order valence-electron chi connectivity index (χ2n) is 9.04. The molecule has 0 aromatic heterocycles.